The number of nitrogens with zero attached hydrogens (tertiary/aromatic N) is 2. The number of Topliss-reactive ketones (excluding diaryl/α,β-unsaturated/α-hetero) is 1. The van der Waals surface area contributed by atoms with Gasteiger partial charge in [-0.1, -0.05) is 42.1 Å². The first-order chi connectivity index (χ1) is 14.1. The quantitative estimate of drug-likeness (QED) is 0.243. The maximum absolute atomic E-state index is 13.1. The fraction of sp³-hybridized carbons (Fsp3) is 0.136. The molecule has 146 valence electrons. The average molecular weight is 425 g/mol. The smallest absolute Gasteiger partial charge is 0.272 e. The van der Waals surface area contributed by atoms with Gasteiger partial charge in [-0.15, -0.1) is 11.3 Å². The predicted molar refractivity (Wildman–Crippen MR) is 115 cm³/mol. The van der Waals surface area contributed by atoms with Crippen molar-refractivity contribution in [2.24, 2.45) is 0 Å². The molecule has 0 N–H and O–H groups in total. The van der Waals surface area contributed by atoms with Crippen LogP contribution in [0.1, 0.15) is 15.9 Å². The van der Waals surface area contributed by atoms with Crippen LogP contribution in [0, 0.1) is 5.82 Å². The molecule has 0 bridgehead atoms. The molecule has 2 aromatic carbocycles. The van der Waals surface area contributed by atoms with Crippen molar-refractivity contribution in [2.75, 3.05) is 5.75 Å². The average Bonchev–Trinajstić information content (AvgIpc) is 3.21. The molecule has 0 spiro atoms. The Morgan fingerprint density at radius 3 is 2.59 bits per heavy atom. The summed E-state index contributed by atoms with van der Waals surface area (Å²) in [5, 5.41) is 2.37. The summed E-state index contributed by atoms with van der Waals surface area (Å²) in [4.78, 5) is 30.1. The molecule has 0 atom stereocenters. The number of aromatic nitrogens is 2. The zero-order valence-corrected chi connectivity index (χ0v) is 17.0. The zero-order chi connectivity index (χ0) is 20.2. The van der Waals surface area contributed by atoms with Crippen LogP contribution in [0.4, 0.5) is 4.39 Å². The molecule has 0 aliphatic carbocycles. The Kier molecular flexibility index (Phi) is 5.87. The fourth-order valence-electron chi connectivity index (χ4n) is 2.97. The van der Waals surface area contributed by atoms with E-state index in [9.17, 15) is 14.0 Å². The molecule has 2 aromatic heterocycles. The highest BCUT2D eigenvalue weighted by atomic mass is 32.2. The largest absolute Gasteiger partial charge is 0.293 e. The molecule has 0 radical (unpaired) electrons. The molecule has 7 heteroatoms. The summed E-state index contributed by atoms with van der Waals surface area (Å²) in [6.07, 6.45) is 0.693. The molecule has 29 heavy (non-hydrogen) atoms. The number of carbonyl (C=O) groups is 1. The molecule has 0 saturated heterocycles. The number of halogens is 1. The third-order valence-corrected chi connectivity index (χ3v) is 6.36. The molecule has 0 saturated carbocycles. The lowest BCUT2D eigenvalue weighted by atomic mass is 10.1. The second-order valence-corrected chi connectivity index (χ2v) is 8.30. The zero-order valence-electron chi connectivity index (χ0n) is 15.4. The van der Waals surface area contributed by atoms with Crippen molar-refractivity contribution >= 4 is 39.1 Å². The summed E-state index contributed by atoms with van der Waals surface area (Å²) in [7, 11) is 0. The van der Waals surface area contributed by atoms with Crippen LogP contribution in [0.2, 0.25) is 0 Å². The van der Waals surface area contributed by atoms with Crippen molar-refractivity contribution in [2.45, 2.75) is 18.1 Å². The van der Waals surface area contributed by atoms with E-state index in [0.717, 1.165) is 5.56 Å². The van der Waals surface area contributed by atoms with Crippen LogP contribution in [0.3, 0.4) is 0 Å². The highest BCUT2D eigenvalue weighted by molar-refractivity contribution is 7.99. The summed E-state index contributed by atoms with van der Waals surface area (Å²) in [6.45, 7) is 0.483. The lowest BCUT2D eigenvalue weighted by Crippen LogP contribution is -2.24. The van der Waals surface area contributed by atoms with Gasteiger partial charge in [0.2, 0.25) is 0 Å². The third kappa shape index (κ3) is 4.46. The molecule has 0 aliphatic heterocycles. The van der Waals surface area contributed by atoms with Crippen molar-refractivity contribution < 1.29 is 9.18 Å². The summed E-state index contributed by atoms with van der Waals surface area (Å²) < 4.78 is 15.3. The lowest BCUT2D eigenvalue weighted by Gasteiger charge is -2.12. The first-order valence-electron chi connectivity index (χ1n) is 9.05. The van der Waals surface area contributed by atoms with Gasteiger partial charge in [0.05, 0.1) is 11.3 Å². The SMILES string of the molecule is O=C(CSc1nc2ccsc2c(=O)n1CCc1ccccc1)c1ccc(F)cc1. The van der Waals surface area contributed by atoms with E-state index in [2.05, 4.69) is 4.98 Å². The second-order valence-electron chi connectivity index (χ2n) is 6.44. The molecule has 4 rings (SSSR count). The van der Waals surface area contributed by atoms with Gasteiger partial charge < -0.3 is 0 Å². The Morgan fingerprint density at radius 1 is 1.07 bits per heavy atom. The van der Waals surface area contributed by atoms with Gasteiger partial charge in [-0.3, -0.25) is 14.2 Å². The van der Waals surface area contributed by atoms with Crippen LogP contribution in [-0.4, -0.2) is 21.1 Å². The topological polar surface area (TPSA) is 52.0 Å². The minimum absolute atomic E-state index is 0.0855. The Hall–Kier alpha value is -2.77. The predicted octanol–water partition coefficient (Wildman–Crippen LogP) is 4.81. The summed E-state index contributed by atoms with van der Waals surface area (Å²) >= 11 is 2.61. The number of fused-ring (bicyclic) bond motifs is 1. The van der Waals surface area contributed by atoms with E-state index in [-0.39, 0.29) is 22.9 Å². The Balaban J connectivity index is 1.59. The van der Waals surface area contributed by atoms with Gasteiger partial charge in [-0.05, 0) is 47.7 Å². The molecule has 4 aromatic rings. The number of benzene rings is 2. The van der Waals surface area contributed by atoms with Crippen LogP contribution in [0.5, 0.6) is 0 Å². The van der Waals surface area contributed by atoms with E-state index in [4.69, 9.17) is 0 Å². The van der Waals surface area contributed by atoms with Crippen molar-refractivity contribution in [3.8, 4) is 0 Å². The number of rotatable bonds is 7. The van der Waals surface area contributed by atoms with Gasteiger partial charge in [0, 0.05) is 12.1 Å². The first kappa shape index (κ1) is 19.5. The standard InChI is InChI=1S/C22H17FN2O2S2/c23-17-8-6-16(7-9-17)19(26)14-29-22-24-18-11-13-28-20(18)21(27)25(22)12-10-15-4-2-1-3-5-15/h1-9,11,13H,10,12,14H2. The first-order valence-corrected chi connectivity index (χ1v) is 10.9. The van der Waals surface area contributed by atoms with Crippen LogP contribution >= 0.6 is 23.1 Å². The maximum atomic E-state index is 13.1. The van der Waals surface area contributed by atoms with E-state index < -0.39 is 0 Å². The molecular formula is C22H17FN2O2S2. The molecular weight excluding hydrogens is 407 g/mol. The highest BCUT2D eigenvalue weighted by Gasteiger charge is 2.15. The summed E-state index contributed by atoms with van der Waals surface area (Å²) in [5.74, 6) is -0.392. The van der Waals surface area contributed by atoms with Crippen LogP contribution in [0.25, 0.3) is 10.2 Å². The molecule has 0 aliphatic rings. The van der Waals surface area contributed by atoms with Crippen molar-refractivity contribution in [1.82, 2.24) is 9.55 Å². The molecule has 0 amide bonds. The van der Waals surface area contributed by atoms with Crippen LogP contribution in [0.15, 0.2) is 76.0 Å². The Labute approximate surface area is 175 Å². The van der Waals surface area contributed by atoms with Gasteiger partial charge in [0.15, 0.2) is 10.9 Å². The van der Waals surface area contributed by atoms with E-state index >= 15 is 0 Å². The van der Waals surface area contributed by atoms with Crippen molar-refractivity contribution in [1.29, 1.82) is 0 Å². The lowest BCUT2D eigenvalue weighted by molar-refractivity contribution is 0.102. The number of thioether (sulfide) groups is 1. The molecule has 4 nitrogen and oxygen atoms in total. The Morgan fingerprint density at radius 2 is 1.83 bits per heavy atom. The van der Waals surface area contributed by atoms with Gasteiger partial charge >= 0.3 is 0 Å². The number of thiophene rings is 1. The molecule has 0 fully saturated rings. The van der Waals surface area contributed by atoms with Crippen LogP contribution < -0.4 is 5.56 Å². The number of hydrogen-bond acceptors (Lipinski definition) is 5. The third-order valence-electron chi connectivity index (χ3n) is 4.50. The highest BCUT2D eigenvalue weighted by Crippen LogP contribution is 2.22. The normalized spacial score (nSPS) is 11.1. The summed E-state index contributed by atoms with van der Waals surface area (Å²) in [5.41, 5.74) is 2.13. The maximum Gasteiger partial charge on any atom is 0.272 e. The van der Waals surface area contributed by atoms with E-state index in [1.165, 1.54) is 47.4 Å². The minimum Gasteiger partial charge on any atom is -0.293 e. The fourth-order valence-corrected chi connectivity index (χ4v) is 4.66. The van der Waals surface area contributed by atoms with Gasteiger partial charge in [-0.2, -0.15) is 0 Å². The number of carbonyl (C=O) groups excluding carboxylic acids is 1. The van der Waals surface area contributed by atoms with Crippen molar-refractivity contribution in [3.63, 3.8) is 0 Å². The van der Waals surface area contributed by atoms with Gasteiger partial charge in [0.1, 0.15) is 10.5 Å². The van der Waals surface area contributed by atoms with E-state index in [1.807, 2.05) is 41.8 Å². The van der Waals surface area contributed by atoms with Gasteiger partial charge in [0.25, 0.3) is 5.56 Å². The summed E-state index contributed by atoms with van der Waals surface area (Å²) in [6, 6.07) is 17.2. The van der Waals surface area contributed by atoms with Crippen molar-refractivity contribution in [3.05, 3.63) is 93.3 Å². The van der Waals surface area contributed by atoms with Crippen LogP contribution in [-0.2, 0) is 13.0 Å². The number of hydrogen-bond donors (Lipinski definition) is 0. The van der Waals surface area contributed by atoms with E-state index in [0.29, 0.717) is 33.9 Å². The monoisotopic (exact) mass is 424 g/mol. The number of ketones is 1. The van der Waals surface area contributed by atoms with Gasteiger partial charge in [-0.25, -0.2) is 9.37 Å². The number of aryl methyl sites for hydroxylation is 1. The second kappa shape index (κ2) is 8.71. The molecule has 0 unspecified atom stereocenters. The Bertz CT molecular complexity index is 1200. The minimum atomic E-state index is -0.381. The van der Waals surface area contributed by atoms with E-state index in [1.54, 1.807) is 4.57 Å². The molecule has 2 heterocycles.